The van der Waals surface area contributed by atoms with Gasteiger partial charge in [-0.15, -0.1) is 0 Å². The van der Waals surface area contributed by atoms with E-state index in [9.17, 15) is 32.3 Å². The van der Waals surface area contributed by atoms with Gasteiger partial charge < -0.3 is 26.2 Å². The third kappa shape index (κ3) is 8.07. The van der Waals surface area contributed by atoms with Crippen molar-refractivity contribution in [3.8, 4) is 0 Å². The van der Waals surface area contributed by atoms with E-state index in [2.05, 4.69) is 5.32 Å². The Labute approximate surface area is 169 Å². The fourth-order valence-corrected chi connectivity index (χ4v) is 2.51. The first-order valence-corrected chi connectivity index (χ1v) is 8.86. The number of unbranched alkanes of at least 4 members (excludes halogenated alkanes) is 1. The van der Waals surface area contributed by atoms with Crippen molar-refractivity contribution in [3.05, 3.63) is 35.4 Å². The number of carboxylic acids is 2. The molecule has 1 rings (SSSR count). The summed E-state index contributed by atoms with van der Waals surface area (Å²) in [4.78, 5) is 47.5. The molecule has 0 saturated heterocycles. The molecule has 0 aliphatic carbocycles. The summed E-state index contributed by atoms with van der Waals surface area (Å²) >= 11 is 0. The number of alkyl halides is 3. The molecule has 1 atom stereocenters. The van der Waals surface area contributed by atoms with Crippen molar-refractivity contribution >= 4 is 23.8 Å². The number of hydrogen-bond acceptors (Lipinski definition) is 5. The van der Waals surface area contributed by atoms with Crippen LogP contribution in [0.25, 0.3) is 0 Å². The molecule has 2 amide bonds. The number of nitrogens with two attached hydrogens (primary N) is 1. The Morgan fingerprint density at radius 1 is 1.03 bits per heavy atom. The second-order valence-corrected chi connectivity index (χ2v) is 6.37. The first-order valence-electron chi connectivity index (χ1n) is 8.86. The number of hydrogen-bond donors (Lipinski definition) is 4. The van der Waals surface area contributed by atoms with Gasteiger partial charge in [0.25, 0.3) is 5.91 Å². The zero-order valence-electron chi connectivity index (χ0n) is 15.8. The van der Waals surface area contributed by atoms with Crippen molar-refractivity contribution in [1.82, 2.24) is 10.2 Å². The van der Waals surface area contributed by atoms with Gasteiger partial charge in [-0.3, -0.25) is 14.4 Å². The monoisotopic (exact) mass is 433 g/mol. The predicted octanol–water partition coefficient (Wildman–Crippen LogP) is 0.931. The molecule has 30 heavy (non-hydrogen) atoms. The summed E-state index contributed by atoms with van der Waals surface area (Å²) in [5.74, 6) is -4.67. The molecule has 5 N–H and O–H groups in total. The summed E-state index contributed by atoms with van der Waals surface area (Å²) in [7, 11) is 0. The number of nitrogens with one attached hydrogen (secondary N) is 1. The Bertz CT molecular complexity index is 767. The number of carboxylic acid groups (broad SMARTS) is 2. The molecule has 1 aromatic rings. The van der Waals surface area contributed by atoms with E-state index in [-0.39, 0.29) is 12.0 Å². The van der Waals surface area contributed by atoms with Crippen LogP contribution >= 0.6 is 0 Å². The molecule has 166 valence electrons. The lowest BCUT2D eigenvalue weighted by Gasteiger charge is -2.22. The number of carbonyl (C=O) groups is 4. The summed E-state index contributed by atoms with van der Waals surface area (Å²) in [6, 6.07) is 1.79. The topological polar surface area (TPSA) is 150 Å². The fourth-order valence-electron chi connectivity index (χ4n) is 2.51. The van der Waals surface area contributed by atoms with E-state index in [0.717, 1.165) is 12.1 Å². The molecule has 0 heterocycles. The standard InChI is InChI=1S/C18H22F3N3O6/c19-18(20,21)12-6-4-11(5-7-12)16(28)24(10-15(26)27)9-14(25)23-13(17(29)30)3-1-2-8-22/h4-7,13H,1-3,8-10,22H2,(H,23,25)(H,26,27)(H,29,30)/t13-/m1/s1. The SMILES string of the molecule is NCCCC[C@@H](NC(=O)CN(CC(=O)O)C(=O)c1ccc(C(F)(F)F)cc1)C(=O)O. The van der Waals surface area contributed by atoms with Crippen LogP contribution in [0.2, 0.25) is 0 Å². The molecule has 0 unspecified atom stereocenters. The maximum absolute atomic E-state index is 12.6. The lowest BCUT2D eigenvalue weighted by atomic mass is 10.1. The molecular formula is C18H22F3N3O6. The van der Waals surface area contributed by atoms with Crippen LogP contribution in [-0.2, 0) is 20.6 Å². The number of aliphatic carboxylic acids is 2. The Hall–Kier alpha value is -3.15. The van der Waals surface area contributed by atoms with Gasteiger partial charge in [-0.2, -0.15) is 13.2 Å². The number of nitrogens with zero attached hydrogens (tertiary/aromatic N) is 1. The van der Waals surface area contributed by atoms with Gasteiger partial charge >= 0.3 is 18.1 Å². The number of amides is 2. The van der Waals surface area contributed by atoms with Gasteiger partial charge in [0.05, 0.1) is 5.56 Å². The van der Waals surface area contributed by atoms with Crippen LogP contribution in [0.15, 0.2) is 24.3 Å². The van der Waals surface area contributed by atoms with Gasteiger partial charge in [-0.05, 0) is 50.1 Å². The molecule has 0 fully saturated rings. The van der Waals surface area contributed by atoms with Crippen LogP contribution in [0.5, 0.6) is 0 Å². The molecule has 0 aromatic heterocycles. The number of carbonyl (C=O) groups excluding carboxylic acids is 2. The number of benzene rings is 1. The van der Waals surface area contributed by atoms with Crippen LogP contribution in [0.4, 0.5) is 13.2 Å². The summed E-state index contributed by atoms with van der Waals surface area (Å²) in [6.45, 7) is -1.35. The van der Waals surface area contributed by atoms with Crippen LogP contribution in [0, 0.1) is 0 Å². The minimum absolute atomic E-state index is 0.0874. The lowest BCUT2D eigenvalue weighted by molar-refractivity contribution is -0.142. The fraction of sp³-hybridized carbons (Fsp3) is 0.444. The minimum atomic E-state index is -4.61. The smallest absolute Gasteiger partial charge is 0.416 e. The normalized spacial score (nSPS) is 12.1. The van der Waals surface area contributed by atoms with Crippen LogP contribution in [-0.4, -0.2) is 64.5 Å². The maximum Gasteiger partial charge on any atom is 0.416 e. The molecule has 12 heteroatoms. The maximum atomic E-state index is 12.6. The largest absolute Gasteiger partial charge is 0.480 e. The van der Waals surface area contributed by atoms with E-state index < -0.39 is 54.6 Å². The number of halogens is 3. The van der Waals surface area contributed by atoms with Crippen molar-refractivity contribution in [3.63, 3.8) is 0 Å². The highest BCUT2D eigenvalue weighted by Crippen LogP contribution is 2.29. The van der Waals surface area contributed by atoms with Gasteiger partial charge in [-0.25, -0.2) is 4.79 Å². The molecule has 9 nitrogen and oxygen atoms in total. The van der Waals surface area contributed by atoms with Gasteiger partial charge in [0, 0.05) is 5.56 Å². The predicted molar refractivity (Wildman–Crippen MR) is 97.5 cm³/mol. The Morgan fingerprint density at radius 3 is 2.10 bits per heavy atom. The highest BCUT2D eigenvalue weighted by molar-refractivity contribution is 5.98. The molecule has 1 aromatic carbocycles. The third-order valence-corrected chi connectivity index (χ3v) is 3.99. The average Bonchev–Trinajstić information content (AvgIpc) is 2.65. The highest BCUT2D eigenvalue weighted by atomic mass is 19.4. The average molecular weight is 433 g/mol. The molecule has 0 bridgehead atoms. The van der Waals surface area contributed by atoms with Crippen LogP contribution in [0.3, 0.4) is 0 Å². The molecule has 0 radical (unpaired) electrons. The van der Waals surface area contributed by atoms with Gasteiger partial charge in [-0.1, -0.05) is 0 Å². The van der Waals surface area contributed by atoms with Crippen molar-refractivity contribution in [1.29, 1.82) is 0 Å². The van der Waals surface area contributed by atoms with Crippen LogP contribution < -0.4 is 11.1 Å². The third-order valence-electron chi connectivity index (χ3n) is 3.99. The molecule has 0 aliphatic heterocycles. The summed E-state index contributed by atoms with van der Waals surface area (Å²) < 4.78 is 37.9. The van der Waals surface area contributed by atoms with Crippen molar-refractivity contribution in [2.45, 2.75) is 31.5 Å². The van der Waals surface area contributed by atoms with E-state index in [4.69, 9.17) is 15.9 Å². The van der Waals surface area contributed by atoms with Gasteiger partial charge in [0.1, 0.15) is 19.1 Å². The second kappa shape index (κ2) is 11.1. The zero-order chi connectivity index (χ0) is 22.9. The lowest BCUT2D eigenvalue weighted by Crippen LogP contribution is -2.48. The molecule has 0 saturated carbocycles. The van der Waals surface area contributed by atoms with Crippen LogP contribution in [0.1, 0.15) is 35.2 Å². The van der Waals surface area contributed by atoms with Crippen molar-refractivity contribution < 1.29 is 42.6 Å². The van der Waals surface area contributed by atoms with E-state index in [1.165, 1.54) is 0 Å². The molecular weight excluding hydrogens is 411 g/mol. The van der Waals surface area contributed by atoms with Crippen molar-refractivity contribution in [2.24, 2.45) is 5.73 Å². The van der Waals surface area contributed by atoms with E-state index in [1.807, 2.05) is 0 Å². The summed E-state index contributed by atoms with van der Waals surface area (Å²) in [6.07, 6.45) is -3.56. The van der Waals surface area contributed by atoms with E-state index >= 15 is 0 Å². The Morgan fingerprint density at radius 2 is 1.63 bits per heavy atom. The van der Waals surface area contributed by atoms with Crippen molar-refractivity contribution in [2.75, 3.05) is 19.6 Å². The Balaban J connectivity index is 2.90. The number of rotatable bonds is 11. The Kier molecular flexibility index (Phi) is 9.24. The highest BCUT2D eigenvalue weighted by Gasteiger charge is 2.31. The zero-order valence-corrected chi connectivity index (χ0v) is 15.8. The van der Waals surface area contributed by atoms with E-state index in [0.29, 0.717) is 36.4 Å². The first-order chi connectivity index (χ1) is 14.0. The molecule has 0 aliphatic rings. The summed E-state index contributed by atoms with van der Waals surface area (Å²) in [5, 5.41) is 20.3. The second-order valence-electron chi connectivity index (χ2n) is 6.37. The quantitative estimate of drug-likeness (QED) is 0.379. The minimum Gasteiger partial charge on any atom is -0.480 e. The molecule has 0 spiro atoms. The summed E-state index contributed by atoms with van der Waals surface area (Å²) in [5.41, 5.74) is 4.08. The van der Waals surface area contributed by atoms with Gasteiger partial charge in [0.2, 0.25) is 5.91 Å². The van der Waals surface area contributed by atoms with E-state index in [1.54, 1.807) is 0 Å². The first kappa shape index (κ1) is 24.9. The van der Waals surface area contributed by atoms with Gasteiger partial charge in [0.15, 0.2) is 0 Å².